The standard InChI is InChI=1S/C14H17Cl2NO2.CH2O/c1-2-5-14(7-10(18)8-17-14)13(19)9-3-4-11(15)12(16)6-9;1-2/h3-4,6,10,17-18H,2,5,7-8H2,1H3;1H2/t10-,14+;/m1./s1. The molecule has 1 aliphatic heterocycles. The van der Waals surface area contributed by atoms with Gasteiger partial charge in [-0.2, -0.15) is 0 Å². The van der Waals surface area contributed by atoms with Gasteiger partial charge >= 0.3 is 0 Å². The average molecular weight is 332 g/mol. The Hall–Kier alpha value is -0.940. The number of hydrogen-bond acceptors (Lipinski definition) is 4. The van der Waals surface area contributed by atoms with Gasteiger partial charge in [-0.15, -0.1) is 0 Å². The van der Waals surface area contributed by atoms with E-state index >= 15 is 0 Å². The van der Waals surface area contributed by atoms with Crippen LogP contribution in [0.5, 0.6) is 0 Å². The number of benzene rings is 1. The fourth-order valence-corrected chi connectivity index (χ4v) is 2.98. The van der Waals surface area contributed by atoms with Crippen LogP contribution >= 0.6 is 23.2 Å². The van der Waals surface area contributed by atoms with Crippen molar-refractivity contribution in [3.05, 3.63) is 33.8 Å². The largest absolute Gasteiger partial charge is 0.392 e. The zero-order valence-electron chi connectivity index (χ0n) is 11.9. The van der Waals surface area contributed by atoms with Crippen LogP contribution < -0.4 is 5.32 Å². The first-order chi connectivity index (χ1) is 9.98. The van der Waals surface area contributed by atoms with E-state index < -0.39 is 11.6 Å². The van der Waals surface area contributed by atoms with E-state index in [1.54, 1.807) is 18.2 Å². The number of halogens is 2. The van der Waals surface area contributed by atoms with Crippen molar-refractivity contribution in [3.63, 3.8) is 0 Å². The van der Waals surface area contributed by atoms with E-state index in [1.165, 1.54) is 0 Å². The Balaban J connectivity index is 0.00000106. The van der Waals surface area contributed by atoms with Crippen LogP contribution in [-0.4, -0.2) is 35.9 Å². The molecule has 2 rings (SSSR count). The second-order valence-electron chi connectivity index (χ2n) is 5.03. The van der Waals surface area contributed by atoms with Crippen LogP contribution in [0.2, 0.25) is 10.0 Å². The van der Waals surface area contributed by atoms with Gasteiger partial charge in [0.05, 0.1) is 21.7 Å². The van der Waals surface area contributed by atoms with E-state index in [0.29, 0.717) is 35.0 Å². The summed E-state index contributed by atoms with van der Waals surface area (Å²) in [7, 11) is 0. The Kier molecular flexibility index (Phi) is 6.81. The van der Waals surface area contributed by atoms with Gasteiger partial charge in [0.25, 0.3) is 0 Å². The summed E-state index contributed by atoms with van der Waals surface area (Å²) in [6.07, 6.45) is 1.54. The molecular weight excluding hydrogens is 313 g/mol. The summed E-state index contributed by atoms with van der Waals surface area (Å²) in [5, 5.41) is 13.7. The molecule has 1 aromatic carbocycles. The minimum Gasteiger partial charge on any atom is -0.392 e. The van der Waals surface area contributed by atoms with Gasteiger partial charge in [-0.1, -0.05) is 36.5 Å². The minimum absolute atomic E-state index is 0.0236. The maximum Gasteiger partial charge on any atom is 0.183 e. The quantitative estimate of drug-likeness (QED) is 0.832. The Labute approximate surface area is 134 Å². The van der Waals surface area contributed by atoms with Gasteiger partial charge in [-0.05, 0) is 24.6 Å². The molecule has 0 aromatic heterocycles. The third-order valence-electron chi connectivity index (χ3n) is 3.55. The molecule has 0 radical (unpaired) electrons. The highest BCUT2D eigenvalue weighted by Gasteiger charge is 2.43. The maximum absolute atomic E-state index is 12.7. The third-order valence-corrected chi connectivity index (χ3v) is 4.29. The fourth-order valence-electron chi connectivity index (χ4n) is 2.68. The molecule has 1 aliphatic rings. The molecule has 0 amide bonds. The molecule has 1 aromatic rings. The van der Waals surface area contributed by atoms with E-state index in [9.17, 15) is 9.90 Å². The molecule has 0 bridgehead atoms. The van der Waals surface area contributed by atoms with Gasteiger partial charge in [0.15, 0.2) is 5.78 Å². The van der Waals surface area contributed by atoms with Gasteiger partial charge in [0.2, 0.25) is 0 Å². The van der Waals surface area contributed by atoms with Crippen molar-refractivity contribution in [1.29, 1.82) is 0 Å². The van der Waals surface area contributed by atoms with Crippen molar-refractivity contribution < 1.29 is 14.7 Å². The summed E-state index contributed by atoms with van der Waals surface area (Å²) < 4.78 is 0. The second kappa shape index (κ2) is 7.90. The molecule has 0 spiro atoms. The van der Waals surface area contributed by atoms with Crippen LogP contribution in [0.3, 0.4) is 0 Å². The number of β-amino-alcohol motifs (C(OH)–C–C–N with tert-alkyl or cyclic N) is 1. The number of rotatable bonds is 4. The van der Waals surface area contributed by atoms with Crippen molar-refractivity contribution in [2.45, 2.75) is 37.8 Å². The van der Waals surface area contributed by atoms with Crippen molar-refractivity contribution >= 4 is 35.8 Å². The molecule has 1 fully saturated rings. The predicted molar refractivity (Wildman–Crippen MR) is 84.2 cm³/mol. The first-order valence-corrected chi connectivity index (χ1v) is 7.46. The number of carbonyl (C=O) groups excluding carboxylic acids is 2. The second-order valence-corrected chi connectivity index (χ2v) is 5.84. The number of aliphatic hydroxyl groups excluding tert-OH is 1. The molecule has 0 saturated carbocycles. The van der Waals surface area contributed by atoms with Gasteiger partial charge in [-0.3, -0.25) is 4.79 Å². The molecule has 0 aliphatic carbocycles. The number of ketones is 1. The summed E-state index contributed by atoms with van der Waals surface area (Å²) in [5.74, 6) is -0.0236. The van der Waals surface area contributed by atoms with Crippen LogP contribution in [0, 0.1) is 0 Å². The average Bonchev–Trinajstić information content (AvgIpc) is 2.86. The summed E-state index contributed by atoms with van der Waals surface area (Å²) in [5.41, 5.74) is -0.143. The van der Waals surface area contributed by atoms with Gasteiger partial charge in [-0.25, -0.2) is 0 Å². The highest BCUT2D eigenvalue weighted by atomic mass is 35.5. The number of Topliss-reactive ketones (excluding diaryl/α,β-unsaturated/α-hetero) is 1. The lowest BCUT2D eigenvalue weighted by molar-refractivity contribution is -0.0980. The van der Waals surface area contributed by atoms with Gasteiger partial charge in [0.1, 0.15) is 6.79 Å². The molecule has 2 atom stereocenters. The summed E-state index contributed by atoms with van der Waals surface area (Å²) in [4.78, 5) is 20.7. The van der Waals surface area contributed by atoms with Crippen LogP contribution in [0.4, 0.5) is 0 Å². The first kappa shape index (κ1) is 18.1. The van der Waals surface area contributed by atoms with E-state index in [2.05, 4.69) is 5.32 Å². The molecular formula is C15H19Cl2NO3. The number of aliphatic hydroxyl groups is 1. The topological polar surface area (TPSA) is 66.4 Å². The van der Waals surface area contributed by atoms with Crippen LogP contribution in [-0.2, 0) is 4.79 Å². The number of carbonyl (C=O) groups is 2. The zero-order chi connectivity index (χ0) is 16.0. The monoisotopic (exact) mass is 331 g/mol. The normalized spacial score (nSPS) is 24.3. The van der Waals surface area contributed by atoms with Crippen molar-refractivity contribution in [3.8, 4) is 0 Å². The highest BCUT2D eigenvalue weighted by Crippen LogP contribution is 2.31. The Morgan fingerprint density at radius 3 is 2.57 bits per heavy atom. The van der Waals surface area contributed by atoms with Crippen molar-refractivity contribution in [2.75, 3.05) is 6.54 Å². The molecule has 21 heavy (non-hydrogen) atoms. The maximum atomic E-state index is 12.7. The van der Waals surface area contributed by atoms with Gasteiger partial charge < -0.3 is 15.2 Å². The van der Waals surface area contributed by atoms with Crippen molar-refractivity contribution in [1.82, 2.24) is 5.32 Å². The van der Waals surface area contributed by atoms with Gasteiger partial charge in [0, 0.05) is 18.5 Å². The molecule has 6 heteroatoms. The molecule has 0 unspecified atom stereocenters. The minimum atomic E-state index is -0.675. The molecule has 1 heterocycles. The highest BCUT2D eigenvalue weighted by molar-refractivity contribution is 6.42. The van der Waals surface area contributed by atoms with Crippen LogP contribution in [0.25, 0.3) is 0 Å². The summed E-state index contributed by atoms with van der Waals surface area (Å²) in [6, 6.07) is 4.90. The SMILES string of the molecule is C=O.CCC[C@@]1(C(=O)c2ccc(Cl)c(Cl)c2)C[C@@H](O)CN1. The lowest BCUT2D eigenvalue weighted by atomic mass is 9.83. The lowest BCUT2D eigenvalue weighted by Crippen LogP contribution is -2.47. The molecule has 116 valence electrons. The van der Waals surface area contributed by atoms with Crippen LogP contribution in [0.1, 0.15) is 36.5 Å². The molecule has 2 N–H and O–H groups in total. The zero-order valence-corrected chi connectivity index (χ0v) is 13.4. The van der Waals surface area contributed by atoms with E-state index in [-0.39, 0.29) is 5.78 Å². The smallest absolute Gasteiger partial charge is 0.183 e. The Bertz CT molecular complexity index is 506. The Morgan fingerprint density at radius 2 is 2.10 bits per heavy atom. The van der Waals surface area contributed by atoms with E-state index in [0.717, 1.165) is 6.42 Å². The Morgan fingerprint density at radius 1 is 1.43 bits per heavy atom. The first-order valence-electron chi connectivity index (χ1n) is 6.70. The summed E-state index contributed by atoms with van der Waals surface area (Å²) in [6.45, 7) is 4.48. The van der Waals surface area contributed by atoms with Crippen LogP contribution in [0.15, 0.2) is 18.2 Å². The van der Waals surface area contributed by atoms with E-state index in [1.807, 2.05) is 13.7 Å². The fraction of sp³-hybridized carbons (Fsp3) is 0.467. The predicted octanol–water partition coefficient (Wildman–Crippen LogP) is 2.88. The number of hydrogen-bond donors (Lipinski definition) is 2. The lowest BCUT2D eigenvalue weighted by Gasteiger charge is -2.27. The van der Waals surface area contributed by atoms with E-state index in [4.69, 9.17) is 28.0 Å². The summed E-state index contributed by atoms with van der Waals surface area (Å²) >= 11 is 11.8. The molecule has 4 nitrogen and oxygen atoms in total. The number of nitrogens with one attached hydrogen (secondary N) is 1. The molecule has 1 saturated heterocycles. The third kappa shape index (κ3) is 4.04. The van der Waals surface area contributed by atoms with Crippen molar-refractivity contribution in [2.24, 2.45) is 0 Å².